The number of nitrogens with zero attached hydrogens (tertiary/aromatic N) is 5. The van der Waals surface area contributed by atoms with E-state index in [1.54, 1.807) is 24.6 Å². The second-order valence-corrected chi connectivity index (χ2v) is 10.1. The molecule has 1 aliphatic heterocycles. The van der Waals surface area contributed by atoms with Crippen molar-refractivity contribution in [2.45, 2.75) is 39.2 Å². The summed E-state index contributed by atoms with van der Waals surface area (Å²) in [5.41, 5.74) is 11.4. The zero-order valence-corrected chi connectivity index (χ0v) is 21.9. The molecule has 0 saturated carbocycles. The van der Waals surface area contributed by atoms with Gasteiger partial charge in [-0.1, -0.05) is 37.0 Å². The van der Waals surface area contributed by atoms with Crippen LogP contribution in [0.1, 0.15) is 31.1 Å². The molecule has 0 spiro atoms. The summed E-state index contributed by atoms with van der Waals surface area (Å²) in [6.07, 6.45) is 22.0. The third-order valence-electron chi connectivity index (χ3n) is 6.55. The summed E-state index contributed by atoms with van der Waals surface area (Å²) in [6, 6.07) is 1.50. The number of anilines is 1. The van der Waals surface area contributed by atoms with Crippen molar-refractivity contribution in [1.82, 2.24) is 19.7 Å². The first-order chi connectivity index (χ1) is 17.5. The minimum absolute atomic E-state index is 0.438. The maximum absolute atomic E-state index is 11.7. The first-order valence-electron chi connectivity index (χ1n) is 12.2. The number of nitrogens with two attached hydrogens (primary N) is 1. The van der Waals surface area contributed by atoms with Crippen molar-refractivity contribution < 1.29 is 4.79 Å². The fourth-order valence-electron chi connectivity index (χ4n) is 4.35. The van der Waals surface area contributed by atoms with Gasteiger partial charge in [-0.05, 0) is 60.6 Å². The van der Waals surface area contributed by atoms with E-state index in [0.717, 1.165) is 49.7 Å². The van der Waals surface area contributed by atoms with Crippen LogP contribution in [0, 0.1) is 0 Å². The third-order valence-corrected chi connectivity index (χ3v) is 7.67. The molecule has 0 atom stereocenters. The zero-order valence-electron chi connectivity index (χ0n) is 21.1. The molecule has 0 aromatic carbocycles. The summed E-state index contributed by atoms with van der Waals surface area (Å²) in [7, 11) is 1.73. The molecule has 7 nitrogen and oxygen atoms in total. The topological polar surface area (TPSA) is 80.3 Å². The molecule has 188 valence electrons. The Morgan fingerprint density at radius 2 is 2.19 bits per heavy atom. The molecule has 2 N–H and O–H groups in total. The van der Waals surface area contributed by atoms with Crippen LogP contribution in [0.4, 0.5) is 9.93 Å². The first kappa shape index (κ1) is 25.4. The molecule has 8 heteroatoms. The van der Waals surface area contributed by atoms with E-state index < -0.39 is 6.03 Å². The summed E-state index contributed by atoms with van der Waals surface area (Å²) in [5, 5.41) is 5.35. The molecule has 1 aliphatic carbocycles. The molecule has 2 aromatic rings. The van der Waals surface area contributed by atoms with Crippen molar-refractivity contribution in [2.75, 3.05) is 25.0 Å². The molecule has 0 fully saturated rings. The van der Waals surface area contributed by atoms with Gasteiger partial charge in [0.05, 0.1) is 6.54 Å². The van der Waals surface area contributed by atoms with Crippen LogP contribution in [-0.4, -0.2) is 45.8 Å². The van der Waals surface area contributed by atoms with Gasteiger partial charge in [0.25, 0.3) is 0 Å². The molecule has 4 rings (SSSR count). The molecule has 3 heterocycles. The Morgan fingerprint density at radius 3 is 2.92 bits per heavy atom. The highest BCUT2D eigenvalue weighted by molar-refractivity contribution is 7.15. The molecule has 2 aliphatic rings. The molecule has 0 saturated heterocycles. The van der Waals surface area contributed by atoms with Gasteiger partial charge in [-0.25, -0.2) is 9.78 Å². The normalized spacial score (nSPS) is 16.5. The van der Waals surface area contributed by atoms with Crippen LogP contribution >= 0.6 is 11.3 Å². The summed E-state index contributed by atoms with van der Waals surface area (Å²) in [5.74, 6) is 0. The number of hydrogen-bond acceptors (Lipinski definition) is 5. The lowest BCUT2D eigenvalue weighted by Crippen LogP contribution is -2.33. The minimum Gasteiger partial charge on any atom is -0.351 e. The molecular formula is C28H34N6OS. The van der Waals surface area contributed by atoms with Crippen molar-refractivity contribution in [2.24, 2.45) is 5.73 Å². The van der Waals surface area contributed by atoms with E-state index in [4.69, 9.17) is 10.7 Å². The molecule has 0 bridgehead atoms. The summed E-state index contributed by atoms with van der Waals surface area (Å²) in [4.78, 5) is 21.5. The second kappa shape index (κ2) is 11.9. The molecule has 2 amide bonds. The number of aryl methyl sites for hydroxylation is 1. The van der Waals surface area contributed by atoms with Crippen LogP contribution in [0.2, 0.25) is 0 Å². The monoisotopic (exact) mass is 502 g/mol. The fraction of sp³-hybridized carbons (Fsp3) is 0.321. The number of urea groups is 1. The third kappa shape index (κ3) is 6.31. The standard InChI is InChI=1S/C28H34N6OS/c1-4-21(16-22(5-2)19-34-14-7-13-31-34)10-11-26-18-30-28(36-26)33-15-12-23-8-6-9-25(17-24(23)20-33)32(3)27(29)35/h4-8,13-14,16-18H,1,9-12,15,19-20H2,2-3H3,(H2,29,35)/b21-16-,22-5+. The Morgan fingerprint density at radius 1 is 1.33 bits per heavy atom. The van der Waals surface area contributed by atoms with Crippen LogP contribution in [0.3, 0.4) is 0 Å². The quantitative estimate of drug-likeness (QED) is 0.466. The lowest BCUT2D eigenvalue weighted by molar-refractivity contribution is 0.228. The Labute approximate surface area is 217 Å². The van der Waals surface area contributed by atoms with Gasteiger partial charge in [0.15, 0.2) is 5.13 Å². The maximum Gasteiger partial charge on any atom is 0.318 e. The van der Waals surface area contributed by atoms with Crippen LogP contribution < -0.4 is 10.6 Å². The fourth-order valence-corrected chi connectivity index (χ4v) is 5.28. The molecule has 0 radical (unpaired) electrons. The molecule has 0 unspecified atom stereocenters. The number of carbonyl (C=O) groups is 1. The number of rotatable bonds is 9. The van der Waals surface area contributed by atoms with E-state index in [1.807, 2.05) is 29.2 Å². The lowest BCUT2D eigenvalue weighted by atomic mass is 10.0. The van der Waals surface area contributed by atoms with E-state index in [9.17, 15) is 4.79 Å². The smallest absolute Gasteiger partial charge is 0.318 e. The number of primary amides is 1. The van der Waals surface area contributed by atoms with Crippen molar-refractivity contribution in [3.63, 3.8) is 0 Å². The first-order valence-corrected chi connectivity index (χ1v) is 13.1. The maximum atomic E-state index is 11.7. The van der Waals surface area contributed by atoms with Crippen molar-refractivity contribution in [3.05, 3.63) is 101 Å². The summed E-state index contributed by atoms with van der Waals surface area (Å²) in [6.45, 7) is 8.54. The van der Waals surface area contributed by atoms with E-state index in [1.165, 1.54) is 32.1 Å². The number of allylic oxidation sites excluding steroid dienone is 7. The largest absolute Gasteiger partial charge is 0.351 e. The van der Waals surface area contributed by atoms with Gasteiger partial charge in [-0.3, -0.25) is 4.68 Å². The van der Waals surface area contributed by atoms with Crippen LogP contribution in [0.15, 0.2) is 95.7 Å². The highest BCUT2D eigenvalue weighted by Gasteiger charge is 2.22. The van der Waals surface area contributed by atoms with Gasteiger partial charge in [0.1, 0.15) is 0 Å². The predicted octanol–water partition coefficient (Wildman–Crippen LogP) is 5.39. The highest BCUT2D eigenvalue weighted by Crippen LogP contribution is 2.32. The molecule has 2 aromatic heterocycles. The van der Waals surface area contributed by atoms with Gasteiger partial charge < -0.3 is 15.5 Å². The van der Waals surface area contributed by atoms with E-state index in [2.05, 4.69) is 53.9 Å². The predicted molar refractivity (Wildman–Crippen MR) is 148 cm³/mol. The van der Waals surface area contributed by atoms with Crippen molar-refractivity contribution >= 4 is 22.5 Å². The average Bonchev–Trinajstić information content (AvgIpc) is 3.53. The van der Waals surface area contributed by atoms with E-state index in [-0.39, 0.29) is 0 Å². The summed E-state index contributed by atoms with van der Waals surface area (Å²) < 4.78 is 1.93. The van der Waals surface area contributed by atoms with E-state index in [0.29, 0.717) is 6.42 Å². The number of hydrogen-bond donors (Lipinski definition) is 1. The average molecular weight is 503 g/mol. The van der Waals surface area contributed by atoms with Gasteiger partial charge in [0, 0.05) is 55.7 Å². The van der Waals surface area contributed by atoms with Crippen molar-refractivity contribution in [1.29, 1.82) is 0 Å². The summed E-state index contributed by atoms with van der Waals surface area (Å²) >= 11 is 1.76. The Kier molecular flexibility index (Phi) is 8.38. The molecular weight excluding hydrogens is 468 g/mol. The van der Waals surface area contributed by atoms with E-state index >= 15 is 0 Å². The van der Waals surface area contributed by atoms with Crippen LogP contribution in [0.5, 0.6) is 0 Å². The Hall–Kier alpha value is -3.65. The van der Waals surface area contributed by atoms with Crippen molar-refractivity contribution in [3.8, 4) is 0 Å². The number of carbonyl (C=O) groups excluding carboxylic acids is 1. The van der Waals surface area contributed by atoms with Gasteiger partial charge in [0.2, 0.25) is 0 Å². The van der Waals surface area contributed by atoms with Gasteiger partial charge >= 0.3 is 6.03 Å². The second-order valence-electron chi connectivity index (χ2n) is 8.96. The van der Waals surface area contributed by atoms with Crippen LogP contribution in [0.25, 0.3) is 0 Å². The minimum atomic E-state index is -0.438. The number of amides is 2. The number of aromatic nitrogens is 3. The number of thiazole rings is 1. The molecule has 36 heavy (non-hydrogen) atoms. The van der Waals surface area contributed by atoms with Crippen LogP contribution in [-0.2, 0) is 13.0 Å². The van der Waals surface area contributed by atoms with Gasteiger partial charge in [-0.2, -0.15) is 5.10 Å². The van der Waals surface area contributed by atoms with Gasteiger partial charge in [-0.15, -0.1) is 11.3 Å². The lowest BCUT2D eigenvalue weighted by Gasteiger charge is -2.29. The Balaban J connectivity index is 1.40. The SMILES string of the molecule is C=C/C(=C/C(=C\C)Cn1cccn1)CCc1cnc(N2CCC3=C(C=C(N(C)C(N)=O)CC=C3)C2)s1. The Bertz CT molecular complexity index is 1240. The zero-order chi connectivity index (χ0) is 25.5. The highest BCUT2D eigenvalue weighted by atomic mass is 32.1.